The minimum atomic E-state index is -1.54. The number of hydrogen-bond donors (Lipinski definition) is 3. The van der Waals surface area contributed by atoms with E-state index in [4.69, 9.17) is 18.9 Å². The zero-order chi connectivity index (χ0) is 20.3. The predicted octanol–water partition coefficient (Wildman–Crippen LogP) is 0.323. The number of aliphatic hydroxyl groups is 3. The van der Waals surface area contributed by atoms with E-state index in [9.17, 15) is 20.1 Å². The quantitative estimate of drug-likeness (QED) is 0.270. The first-order valence-electron chi connectivity index (χ1n) is 9.46. The normalized spacial score (nSPS) is 45.2. The summed E-state index contributed by atoms with van der Waals surface area (Å²) in [5.74, 6) is -2.57. The van der Waals surface area contributed by atoms with Crippen molar-refractivity contribution in [2.24, 2.45) is 5.92 Å². The topological polar surface area (TPSA) is 118 Å². The van der Waals surface area contributed by atoms with Crippen molar-refractivity contribution in [1.29, 1.82) is 0 Å². The fourth-order valence-corrected chi connectivity index (χ4v) is 4.40. The van der Waals surface area contributed by atoms with E-state index in [2.05, 4.69) is 13.2 Å². The van der Waals surface area contributed by atoms with Crippen LogP contribution in [-0.4, -0.2) is 70.5 Å². The maximum atomic E-state index is 12.2. The molecule has 28 heavy (non-hydrogen) atoms. The molecule has 154 valence electrons. The van der Waals surface area contributed by atoms with Crippen molar-refractivity contribution in [2.75, 3.05) is 13.2 Å². The number of fused-ring (bicyclic) bond motifs is 4. The van der Waals surface area contributed by atoms with Gasteiger partial charge in [-0.05, 0) is 30.6 Å². The van der Waals surface area contributed by atoms with Gasteiger partial charge in [-0.3, -0.25) is 0 Å². The van der Waals surface area contributed by atoms with Gasteiger partial charge < -0.3 is 34.3 Å². The van der Waals surface area contributed by atoms with Crippen LogP contribution in [0.25, 0.3) is 0 Å². The van der Waals surface area contributed by atoms with Crippen molar-refractivity contribution in [1.82, 2.24) is 0 Å². The number of rotatable bonds is 4. The Morgan fingerprint density at radius 1 is 1.50 bits per heavy atom. The molecular formula is C20H26O8. The second kappa shape index (κ2) is 6.76. The molecular weight excluding hydrogens is 368 g/mol. The Bertz CT molecular complexity index is 744. The minimum Gasteiger partial charge on any atom is -0.454 e. The lowest BCUT2D eigenvalue weighted by Gasteiger charge is -2.35. The molecule has 4 heterocycles. The molecule has 3 fully saturated rings. The third-order valence-corrected chi connectivity index (χ3v) is 6.30. The van der Waals surface area contributed by atoms with E-state index < -0.39 is 47.9 Å². The van der Waals surface area contributed by atoms with Crippen molar-refractivity contribution in [3.63, 3.8) is 0 Å². The summed E-state index contributed by atoms with van der Waals surface area (Å²) in [6.07, 6.45) is -0.535. The Morgan fingerprint density at radius 3 is 2.96 bits per heavy atom. The van der Waals surface area contributed by atoms with Crippen LogP contribution >= 0.6 is 0 Å². The molecule has 0 radical (unpaired) electrons. The van der Waals surface area contributed by atoms with E-state index in [1.807, 2.05) is 0 Å². The molecule has 0 aromatic carbocycles. The summed E-state index contributed by atoms with van der Waals surface area (Å²) in [5.41, 5.74) is 0.161. The van der Waals surface area contributed by atoms with Crippen molar-refractivity contribution in [3.05, 3.63) is 36.0 Å². The highest BCUT2D eigenvalue weighted by Crippen LogP contribution is 2.58. The van der Waals surface area contributed by atoms with E-state index in [0.29, 0.717) is 12.0 Å². The first kappa shape index (κ1) is 19.8. The van der Waals surface area contributed by atoms with Crippen LogP contribution in [0.15, 0.2) is 36.0 Å². The Labute approximate surface area is 163 Å². The summed E-state index contributed by atoms with van der Waals surface area (Å²) >= 11 is 0. The van der Waals surface area contributed by atoms with Crippen molar-refractivity contribution >= 4 is 5.97 Å². The van der Waals surface area contributed by atoms with Crippen molar-refractivity contribution in [2.45, 2.75) is 62.2 Å². The first-order valence-corrected chi connectivity index (χ1v) is 9.46. The summed E-state index contributed by atoms with van der Waals surface area (Å²) in [6, 6.07) is 0. The van der Waals surface area contributed by atoms with Gasteiger partial charge in [0.15, 0.2) is 11.9 Å². The van der Waals surface area contributed by atoms with Gasteiger partial charge in [0.1, 0.15) is 6.10 Å². The van der Waals surface area contributed by atoms with Crippen LogP contribution < -0.4 is 0 Å². The molecule has 3 saturated heterocycles. The number of hydrogen-bond acceptors (Lipinski definition) is 8. The summed E-state index contributed by atoms with van der Waals surface area (Å²) in [6.45, 7) is 9.31. The predicted molar refractivity (Wildman–Crippen MR) is 95.7 cm³/mol. The number of epoxide rings is 1. The Hall–Kier alpha value is -1.55. The molecule has 0 amide bonds. The van der Waals surface area contributed by atoms with Crippen LogP contribution in [0.1, 0.15) is 26.2 Å². The summed E-state index contributed by atoms with van der Waals surface area (Å²) in [7, 11) is 0. The Morgan fingerprint density at radius 2 is 2.25 bits per heavy atom. The molecule has 3 N–H and O–H groups in total. The third-order valence-electron chi connectivity index (χ3n) is 6.30. The molecule has 8 nitrogen and oxygen atoms in total. The molecule has 5 aliphatic rings. The van der Waals surface area contributed by atoms with Gasteiger partial charge in [-0.15, -0.1) is 0 Å². The minimum absolute atomic E-state index is 0.0632. The highest BCUT2D eigenvalue weighted by Gasteiger charge is 2.75. The molecule has 5 rings (SSSR count). The largest absolute Gasteiger partial charge is 0.454 e. The van der Waals surface area contributed by atoms with Gasteiger partial charge in [0.05, 0.1) is 31.3 Å². The lowest BCUT2D eigenvalue weighted by atomic mass is 9.80. The average Bonchev–Trinajstić information content (AvgIpc) is 3.14. The van der Waals surface area contributed by atoms with Crippen molar-refractivity contribution < 1.29 is 39.1 Å². The second-order valence-corrected chi connectivity index (χ2v) is 8.02. The summed E-state index contributed by atoms with van der Waals surface area (Å²) in [4.78, 5) is 12.2. The van der Waals surface area contributed by atoms with Gasteiger partial charge in [0, 0.05) is 18.4 Å². The van der Waals surface area contributed by atoms with Crippen LogP contribution in [0.4, 0.5) is 0 Å². The Balaban J connectivity index is 1.76. The van der Waals surface area contributed by atoms with Crippen LogP contribution in [0, 0.1) is 5.92 Å². The van der Waals surface area contributed by atoms with Gasteiger partial charge in [0.25, 0.3) is 0 Å². The number of esters is 1. The molecule has 8 heteroatoms. The third kappa shape index (κ3) is 2.96. The van der Waals surface area contributed by atoms with E-state index >= 15 is 0 Å². The fraction of sp³-hybridized carbons (Fsp3) is 0.650. The van der Waals surface area contributed by atoms with Gasteiger partial charge >= 0.3 is 5.97 Å². The molecule has 0 aromatic rings. The highest BCUT2D eigenvalue weighted by atomic mass is 16.8. The zero-order valence-corrected chi connectivity index (χ0v) is 15.8. The molecule has 0 aromatic heterocycles. The SMILES string of the molecule is C=C1C(=O)O[C@@H]2/C=C3/CC[C@]4(O)O[C@]4(C[C@H](O[C@@H](C)C(=C)CO)[C@H]12)[C@H](O)OC3. The second-order valence-electron chi connectivity index (χ2n) is 8.02. The lowest BCUT2D eigenvalue weighted by molar-refractivity contribution is -0.161. The molecule has 4 aliphatic heterocycles. The van der Waals surface area contributed by atoms with Crippen LogP contribution in [0.3, 0.4) is 0 Å². The smallest absolute Gasteiger partial charge is 0.334 e. The van der Waals surface area contributed by atoms with Crippen LogP contribution in [-0.2, 0) is 23.7 Å². The van der Waals surface area contributed by atoms with Crippen molar-refractivity contribution in [3.8, 4) is 0 Å². The molecule has 1 spiro atoms. The monoisotopic (exact) mass is 394 g/mol. The molecule has 1 aliphatic carbocycles. The maximum Gasteiger partial charge on any atom is 0.334 e. The van der Waals surface area contributed by atoms with E-state index in [1.54, 1.807) is 13.0 Å². The Kier molecular flexibility index (Phi) is 4.77. The summed E-state index contributed by atoms with van der Waals surface area (Å²) < 4.78 is 22.9. The molecule has 2 bridgehead atoms. The number of aliphatic hydroxyl groups excluding tert-OH is 2. The molecule has 0 unspecified atom stereocenters. The van der Waals surface area contributed by atoms with Gasteiger partial charge in [-0.2, -0.15) is 0 Å². The fourth-order valence-electron chi connectivity index (χ4n) is 4.40. The van der Waals surface area contributed by atoms with E-state index in [0.717, 1.165) is 5.57 Å². The summed E-state index contributed by atoms with van der Waals surface area (Å²) in [5, 5.41) is 30.9. The van der Waals surface area contributed by atoms with Crippen LogP contribution in [0.5, 0.6) is 0 Å². The number of ether oxygens (including phenoxy) is 4. The molecule has 7 atom stereocenters. The standard InChI is InChI=1S/C20H26O8/c1-10(8-21)12(3)26-15-7-19-18(23)25-9-13(4-5-20(19,24)28-19)6-14-16(15)11(2)17(22)27-14/h6,12,14-16,18,21,23-24H,1-2,4-5,7-9H2,3H3/b13-6-/t12-,14+,15-,16+,18+,19+,20-/m0/s1. The average molecular weight is 394 g/mol. The molecule has 0 saturated carbocycles. The number of carbonyl (C=O) groups is 1. The zero-order valence-electron chi connectivity index (χ0n) is 15.8. The van der Waals surface area contributed by atoms with Gasteiger partial charge in [-0.25, -0.2) is 4.79 Å². The highest BCUT2D eigenvalue weighted by molar-refractivity contribution is 5.91. The maximum absolute atomic E-state index is 12.2. The first-order chi connectivity index (χ1) is 13.2. The van der Waals surface area contributed by atoms with Gasteiger partial charge in [-0.1, -0.05) is 13.2 Å². The van der Waals surface area contributed by atoms with Gasteiger partial charge in [0.2, 0.25) is 5.79 Å². The van der Waals surface area contributed by atoms with E-state index in [-0.39, 0.29) is 31.6 Å². The van der Waals surface area contributed by atoms with E-state index in [1.165, 1.54) is 0 Å². The van der Waals surface area contributed by atoms with Crippen LogP contribution in [0.2, 0.25) is 0 Å². The number of carbonyl (C=O) groups excluding carboxylic acids is 1. The lowest BCUT2D eigenvalue weighted by Crippen LogP contribution is -2.48.